The molecule has 0 saturated carbocycles. The highest BCUT2D eigenvalue weighted by Crippen LogP contribution is 2.12. The van der Waals surface area contributed by atoms with Gasteiger partial charge in [0.2, 0.25) is 0 Å². The number of pyridine rings is 1. The third-order valence-electron chi connectivity index (χ3n) is 3.61. The fourth-order valence-electron chi connectivity index (χ4n) is 2.47. The lowest BCUT2D eigenvalue weighted by Gasteiger charge is -2.00. The number of nitrogens with one attached hydrogen (secondary N) is 1. The Hall–Kier alpha value is -1.91. The molecule has 0 fully saturated rings. The van der Waals surface area contributed by atoms with E-state index in [1.54, 1.807) is 6.20 Å². The van der Waals surface area contributed by atoms with Gasteiger partial charge in [-0.05, 0) is 25.0 Å². The predicted octanol–water partition coefficient (Wildman–Crippen LogP) is 3.71. The fraction of sp³-hybridized carbons (Fsp3) is 0.562. The van der Waals surface area contributed by atoms with E-state index in [4.69, 9.17) is 5.11 Å². The number of imidazole rings is 1. The average molecular weight is 289 g/mol. The van der Waals surface area contributed by atoms with Gasteiger partial charge in [0.05, 0.1) is 5.52 Å². The van der Waals surface area contributed by atoms with Crippen LogP contribution in [0.5, 0.6) is 0 Å². The molecule has 0 unspecified atom stereocenters. The van der Waals surface area contributed by atoms with Crippen LogP contribution in [0.15, 0.2) is 18.3 Å². The van der Waals surface area contributed by atoms with Gasteiger partial charge in [-0.25, -0.2) is 9.97 Å². The van der Waals surface area contributed by atoms with E-state index in [1.165, 1.54) is 19.3 Å². The molecule has 0 aliphatic rings. The number of H-pyrrole nitrogens is 1. The van der Waals surface area contributed by atoms with Gasteiger partial charge in [-0.2, -0.15) is 0 Å². The van der Waals surface area contributed by atoms with Crippen LogP contribution in [0.25, 0.3) is 11.2 Å². The second kappa shape index (κ2) is 8.39. The van der Waals surface area contributed by atoms with Crippen LogP contribution in [0, 0.1) is 0 Å². The number of carbonyl (C=O) groups is 1. The van der Waals surface area contributed by atoms with Crippen molar-refractivity contribution in [2.24, 2.45) is 0 Å². The number of aliphatic carboxylic acids is 1. The Bertz CT molecular complexity index is 532. The number of nitrogens with zero attached hydrogens (tertiary/aromatic N) is 2. The van der Waals surface area contributed by atoms with E-state index < -0.39 is 5.97 Å². The topological polar surface area (TPSA) is 78.9 Å². The Labute approximate surface area is 124 Å². The number of carboxylic acid groups (broad SMARTS) is 1. The summed E-state index contributed by atoms with van der Waals surface area (Å²) in [5, 5.41) is 8.53. The average Bonchev–Trinajstić information content (AvgIpc) is 2.88. The van der Waals surface area contributed by atoms with Gasteiger partial charge in [0.15, 0.2) is 5.65 Å². The maximum absolute atomic E-state index is 10.4. The van der Waals surface area contributed by atoms with Crippen LogP contribution in [0.3, 0.4) is 0 Å². The molecule has 0 bridgehead atoms. The van der Waals surface area contributed by atoms with Crippen LogP contribution in [0.2, 0.25) is 0 Å². The van der Waals surface area contributed by atoms with Crippen LogP contribution in [-0.4, -0.2) is 26.0 Å². The quantitative estimate of drug-likeness (QED) is 0.653. The van der Waals surface area contributed by atoms with Gasteiger partial charge >= 0.3 is 5.97 Å². The third-order valence-corrected chi connectivity index (χ3v) is 3.61. The molecular formula is C16H23N3O2. The number of aromatic nitrogens is 3. The molecule has 5 nitrogen and oxygen atoms in total. The van der Waals surface area contributed by atoms with Gasteiger partial charge in [0, 0.05) is 19.0 Å². The van der Waals surface area contributed by atoms with Crippen molar-refractivity contribution in [3.05, 3.63) is 24.2 Å². The summed E-state index contributed by atoms with van der Waals surface area (Å²) in [6.45, 7) is 0. The fourth-order valence-corrected chi connectivity index (χ4v) is 2.47. The Balaban J connectivity index is 1.53. The summed E-state index contributed by atoms with van der Waals surface area (Å²) in [6.07, 6.45) is 10.8. The SMILES string of the molecule is O=C(O)CCCCCCCCCc1nc2ncccc2[nH]1. The summed E-state index contributed by atoms with van der Waals surface area (Å²) in [7, 11) is 0. The number of rotatable bonds is 10. The van der Waals surface area contributed by atoms with Crippen LogP contribution < -0.4 is 0 Å². The molecule has 2 aromatic rings. The summed E-state index contributed by atoms with van der Waals surface area (Å²) >= 11 is 0. The Kier molecular flexibility index (Phi) is 6.19. The maximum Gasteiger partial charge on any atom is 0.303 e. The van der Waals surface area contributed by atoms with Crippen molar-refractivity contribution in [2.75, 3.05) is 0 Å². The zero-order valence-electron chi connectivity index (χ0n) is 12.3. The van der Waals surface area contributed by atoms with Crippen LogP contribution >= 0.6 is 0 Å². The van der Waals surface area contributed by atoms with E-state index in [-0.39, 0.29) is 0 Å². The molecule has 0 aliphatic carbocycles. The number of hydrogen-bond donors (Lipinski definition) is 2. The van der Waals surface area contributed by atoms with Crippen molar-refractivity contribution < 1.29 is 9.90 Å². The molecule has 0 aliphatic heterocycles. The van der Waals surface area contributed by atoms with E-state index >= 15 is 0 Å². The second-order valence-corrected chi connectivity index (χ2v) is 5.43. The molecule has 2 rings (SSSR count). The predicted molar refractivity (Wildman–Crippen MR) is 82.2 cm³/mol. The summed E-state index contributed by atoms with van der Waals surface area (Å²) < 4.78 is 0. The molecule has 114 valence electrons. The first-order valence-electron chi connectivity index (χ1n) is 7.77. The number of aromatic amines is 1. The monoisotopic (exact) mass is 289 g/mol. The van der Waals surface area contributed by atoms with E-state index in [0.717, 1.165) is 49.1 Å². The van der Waals surface area contributed by atoms with Gasteiger partial charge in [0.1, 0.15) is 5.82 Å². The lowest BCUT2D eigenvalue weighted by atomic mass is 10.1. The number of fused-ring (bicyclic) bond motifs is 1. The van der Waals surface area contributed by atoms with Gasteiger partial charge in [-0.3, -0.25) is 4.79 Å². The van der Waals surface area contributed by atoms with Crippen LogP contribution in [0.1, 0.15) is 57.2 Å². The minimum absolute atomic E-state index is 0.306. The highest BCUT2D eigenvalue weighted by atomic mass is 16.4. The zero-order chi connectivity index (χ0) is 14.9. The molecule has 0 aromatic carbocycles. The highest BCUT2D eigenvalue weighted by Gasteiger charge is 2.02. The van der Waals surface area contributed by atoms with Crippen molar-refractivity contribution >= 4 is 17.1 Å². The number of carboxylic acids is 1. The molecule has 0 spiro atoms. The molecule has 5 heteroatoms. The van der Waals surface area contributed by atoms with E-state index in [9.17, 15) is 4.79 Å². The molecule has 0 saturated heterocycles. The Morgan fingerprint density at radius 3 is 2.52 bits per heavy atom. The molecule has 21 heavy (non-hydrogen) atoms. The first-order chi connectivity index (χ1) is 10.3. The standard InChI is InChI=1S/C16H23N3O2/c20-15(21)11-7-5-3-1-2-4-6-10-14-18-13-9-8-12-17-16(13)19-14/h8-9,12H,1-7,10-11H2,(H,20,21)(H,17,18,19). The molecular weight excluding hydrogens is 266 g/mol. The summed E-state index contributed by atoms with van der Waals surface area (Å²) in [4.78, 5) is 22.3. The van der Waals surface area contributed by atoms with E-state index in [2.05, 4.69) is 15.0 Å². The summed E-state index contributed by atoms with van der Waals surface area (Å²) in [5.41, 5.74) is 1.80. The lowest BCUT2D eigenvalue weighted by molar-refractivity contribution is -0.137. The third kappa shape index (κ3) is 5.53. The van der Waals surface area contributed by atoms with Gasteiger partial charge in [-0.15, -0.1) is 0 Å². The van der Waals surface area contributed by atoms with Crippen molar-refractivity contribution in [3.8, 4) is 0 Å². The molecule has 0 radical (unpaired) electrons. The van der Waals surface area contributed by atoms with Gasteiger partial charge < -0.3 is 10.1 Å². The smallest absolute Gasteiger partial charge is 0.303 e. The van der Waals surface area contributed by atoms with E-state index in [1.807, 2.05) is 12.1 Å². The molecule has 0 atom stereocenters. The van der Waals surface area contributed by atoms with Crippen molar-refractivity contribution in [3.63, 3.8) is 0 Å². The second-order valence-electron chi connectivity index (χ2n) is 5.43. The molecule has 2 aromatic heterocycles. The van der Waals surface area contributed by atoms with Crippen LogP contribution in [0.4, 0.5) is 0 Å². The first kappa shape index (κ1) is 15.5. The van der Waals surface area contributed by atoms with Gasteiger partial charge in [-0.1, -0.05) is 32.1 Å². The van der Waals surface area contributed by atoms with Crippen molar-refractivity contribution in [1.82, 2.24) is 15.0 Å². The Morgan fingerprint density at radius 1 is 1.10 bits per heavy atom. The summed E-state index contributed by atoms with van der Waals surface area (Å²) in [5.74, 6) is 0.334. The maximum atomic E-state index is 10.4. The number of aryl methyl sites for hydroxylation is 1. The van der Waals surface area contributed by atoms with Crippen molar-refractivity contribution in [2.45, 2.75) is 57.8 Å². The van der Waals surface area contributed by atoms with Gasteiger partial charge in [0.25, 0.3) is 0 Å². The highest BCUT2D eigenvalue weighted by molar-refractivity contribution is 5.69. The lowest BCUT2D eigenvalue weighted by Crippen LogP contribution is -1.93. The van der Waals surface area contributed by atoms with Crippen LogP contribution in [-0.2, 0) is 11.2 Å². The molecule has 0 amide bonds. The minimum Gasteiger partial charge on any atom is -0.481 e. The summed E-state index contributed by atoms with van der Waals surface area (Å²) in [6, 6.07) is 3.91. The largest absolute Gasteiger partial charge is 0.481 e. The molecule has 2 heterocycles. The Morgan fingerprint density at radius 2 is 1.81 bits per heavy atom. The normalized spacial score (nSPS) is 11.0. The minimum atomic E-state index is -0.685. The van der Waals surface area contributed by atoms with E-state index in [0.29, 0.717) is 6.42 Å². The number of unbranched alkanes of at least 4 members (excludes halogenated alkanes) is 6. The zero-order valence-corrected chi connectivity index (χ0v) is 12.3. The molecule has 2 N–H and O–H groups in total. The van der Waals surface area contributed by atoms with Crippen molar-refractivity contribution in [1.29, 1.82) is 0 Å². The first-order valence-corrected chi connectivity index (χ1v) is 7.77. The number of hydrogen-bond acceptors (Lipinski definition) is 3.